The first-order valence-corrected chi connectivity index (χ1v) is 5.58. The van der Waals surface area contributed by atoms with Gasteiger partial charge < -0.3 is 10.1 Å². The lowest BCUT2D eigenvalue weighted by molar-refractivity contribution is -0.152. The van der Waals surface area contributed by atoms with Gasteiger partial charge in [-0.15, -0.1) is 0 Å². The van der Waals surface area contributed by atoms with Crippen LogP contribution in [-0.2, 0) is 14.3 Å². The van der Waals surface area contributed by atoms with E-state index in [0.717, 1.165) is 0 Å². The molecule has 0 aromatic heterocycles. The van der Waals surface area contributed by atoms with E-state index in [2.05, 4.69) is 5.32 Å². The number of hydrogen-bond donors (Lipinski definition) is 1. The summed E-state index contributed by atoms with van der Waals surface area (Å²) in [4.78, 5) is 22.8. The van der Waals surface area contributed by atoms with Crippen LogP contribution in [-0.4, -0.2) is 18.0 Å². The van der Waals surface area contributed by atoms with E-state index in [1.807, 2.05) is 6.07 Å². The predicted molar refractivity (Wildman–Crippen MR) is 65.6 cm³/mol. The first-order valence-electron chi connectivity index (χ1n) is 5.58. The molecule has 0 spiro atoms. The van der Waals surface area contributed by atoms with Crippen molar-refractivity contribution in [3.05, 3.63) is 29.8 Å². The van der Waals surface area contributed by atoms with Gasteiger partial charge in [-0.25, -0.2) is 0 Å². The third-order valence-corrected chi connectivity index (χ3v) is 2.27. The molecule has 1 aromatic rings. The fourth-order valence-corrected chi connectivity index (χ4v) is 1.26. The molecule has 0 unspecified atom stereocenters. The van der Waals surface area contributed by atoms with Crippen molar-refractivity contribution in [3.63, 3.8) is 0 Å². The van der Waals surface area contributed by atoms with Gasteiger partial charge in [0.2, 0.25) is 0 Å². The van der Waals surface area contributed by atoms with Crippen molar-refractivity contribution < 1.29 is 14.3 Å². The lowest BCUT2D eigenvalue weighted by Gasteiger charge is -2.13. The zero-order chi connectivity index (χ0) is 13.5. The first-order chi connectivity index (χ1) is 8.58. The smallest absolute Gasteiger partial charge is 0.306 e. The number of nitrogens with zero attached hydrogens (tertiary/aromatic N) is 1. The van der Waals surface area contributed by atoms with E-state index < -0.39 is 18.0 Å². The van der Waals surface area contributed by atoms with Crippen molar-refractivity contribution in [1.82, 2.24) is 0 Å². The van der Waals surface area contributed by atoms with Gasteiger partial charge in [-0.05, 0) is 19.1 Å². The van der Waals surface area contributed by atoms with Crippen LogP contribution in [0, 0.1) is 11.3 Å². The Morgan fingerprint density at radius 1 is 1.44 bits per heavy atom. The van der Waals surface area contributed by atoms with Gasteiger partial charge in [-0.3, -0.25) is 9.59 Å². The molecule has 0 aliphatic carbocycles. The first kappa shape index (κ1) is 13.7. The van der Waals surface area contributed by atoms with Gasteiger partial charge in [0.25, 0.3) is 5.91 Å². The van der Waals surface area contributed by atoms with Gasteiger partial charge in [0.15, 0.2) is 6.10 Å². The molecule has 5 heteroatoms. The van der Waals surface area contributed by atoms with Crippen LogP contribution in [0.3, 0.4) is 0 Å². The normalized spacial score (nSPS) is 11.2. The van der Waals surface area contributed by atoms with Crippen molar-refractivity contribution in [2.75, 3.05) is 5.32 Å². The van der Waals surface area contributed by atoms with Crippen molar-refractivity contribution in [1.29, 1.82) is 5.26 Å². The van der Waals surface area contributed by atoms with Crippen molar-refractivity contribution in [3.8, 4) is 6.07 Å². The third-order valence-electron chi connectivity index (χ3n) is 2.27. The molecule has 0 saturated carbocycles. The number of esters is 1. The fraction of sp³-hybridized carbons (Fsp3) is 0.308. The van der Waals surface area contributed by atoms with Gasteiger partial charge in [-0.1, -0.05) is 19.1 Å². The molecule has 0 fully saturated rings. The largest absolute Gasteiger partial charge is 0.453 e. The summed E-state index contributed by atoms with van der Waals surface area (Å²) in [5.41, 5.74) is 0.768. The second-order valence-electron chi connectivity index (χ2n) is 3.63. The highest BCUT2D eigenvalue weighted by atomic mass is 16.5. The highest BCUT2D eigenvalue weighted by molar-refractivity contribution is 5.96. The molecular weight excluding hydrogens is 232 g/mol. The summed E-state index contributed by atoms with van der Waals surface area (Å²) in [6.07, 6.45) is -0.670. The summed E-state index contributed by atoms with van der Waals surface area (Å²) in [6, 6.07) is 8.59. The topological polar surface area (TPSA) is 79.2 Å². The van der Waals surface area contributed by atoms with Crippen LogP contribution in [0.5, 0.6) is 0 Å². The Hall–Kier alpha value is -2.35. The van der Waals surface area contributed by atoms with E-state index in [9.17, 15) is 9.59 Å². The monoisotopic (exact) mass is 246 g/mol. The molecular formula is C13H14N2O3. The Labute approximate surface area is 105 Å². The van der Waals surface area contributed by atoms with Gasteiger partial charge >= 0.3 is 5.97 Å². The van der Waals surface area contributed by atoms with Crippen LogP contribution in [0.2, 0.25) is 0 Å². The maximum atomic E-state index is 11.7. The summed E-state index contributed by atoms with van der Waals surface area (Å²) in [5.74, 6) is -0.897. The van der Waals surface area contributed by atoms with Crippen LogP contribution in [0.25, 0.3) is 0 Å². The molecule has 1 N–H and O–H groups in total. The second kappa shape index (κ2) is 6.40. The summed E-state index contributed by atoms with van der Waals surface area (Å²) in [5, 5.41) is 11.4. The van der Waals surface area contributed by atoms with E-state index in [4.69, 9.17) is 10.00 Å². The Balaban J connectivity index is 2.70. The SMILES string of the molecule is CCC(=O)O[C@@H](C)C(=O)Nc1ccccc1C#N. The standard InChI is InChI=1S/C13H14N2O3/c1-3-12(16)18-9(2)13(17)15-11-7-5-4-6-10(11)8-14/h4-7,9H,3H2,1-2H3,(H,15,17)/t9-/m0/s1. The Morgan fingerprint density at radius 3 is 2.72 bits per heavy atom. The predicted octanol–water partition coefficient (Wildman–Crippen LogP) is 1.84. The lowest BCUT2D eigenvalue weighted by Crippen LogP contribution is -2.30. The van der Waals surface area contributed by atoms with Gasteiger partial charge in [0.1, 0.15) is 6.07 Å². The van der Waals surface area contributed by atoms with Crippen molar-refractivity contribution in [2.24, 2.45) is 0 Å². The summed E-state index contributed by atoms with van der Waals surface area (Å²) < 4.78 is 4.87. The molecule has 1 atom stereocenters. The average molecular weight is 246 g/mol. The molecule has 0 radical (unpaired) electrons. The van der Waals surface area contributed by atoms with E-state index in [1.54, 1.807) is 31.2 Å². The molecule has 18 heavy (non-hydrogen) atoms. The summed E-state index contributed by atoms with van der Waals surface area (Å²) in [6.45, 7) is 3.13. The number of amides is 1. The molecule has 0 aliphatic rings. The molecule has 0 saturated heterocycles. The number of ether oxygens (including phenoxy) is 1. The quantitative estimate of drug-likeness (QED) is 0.822. The van der Waals surface area contributed by atoms with E-state index >= 15 is 0 Å². The zero-order valence-corrected chi connectivity index (χ0v) is 10.3. The fourth-order valence-electron chi connectivity index (χ4n) is 1.26. The highest BCUT2D eigenvalue weighted by Crippen LogP contribution is 2.14. The Kier molecular flexibility index (Phi) is 4.88. The Morgan fingerprint density at radius 2 is 2.11 bits per heavy atom. The van der Waals surface area contributed by atoms with Gasteiger partial charge in [0, 0.05) is 6.42 Å². The number of carbonyl (C=O) groups excluding carboxylic acids is 2. The highest BCUT2D eigenvalue weighted by Gasteiger charge is 2.17. The minimum absolute atomic E-state index is 0.215. The minimum Gasteiger partial charge on any atom is -0.453 e. The van der Waals surface area contributed by atoms with Gasteiger partial charge in [0.05, 0.1) is 11.3 Å². The maximum Gasteiger partial charge on any atom is 0.306 e. The van der Waals surface area contributed by atoms with Crippen molar-refractivity contribution >= 4 is 17.6 Å². The molecule has 94 valence electrons. The molecule has 1 rings (SSSR count). The molecule has 1 amide bonds. The van der Waals surface area contributed by atoms with E-state index in [-0.39, 0.29) is 6.42 Å². The van der Waals surface area contributed by atoms with E-state index in [0.29, 0.717) is 11.3 Å². The summed E-state index contributed by atoms with van der Waals surface area (Å²) >= 11 is 0. The van der Waals surface area contributed by atoms with Crippen molar-refractivity contribution in [2.45, 2.75) is 26.4 Å². The molecule has 1 aromatic carbocycles. The van der Waals surface area contributed by atoms with Crippen LogP contribution in [0.15, 0.2) is 24.3 Å². The third kappa shape index (κ3) is 3.59. The molecule has 0 aliphatic heterocycles. The molecule has 0 heterocycles. The molecule has 0 bridgehead atoms. The van der Waals surface area contributed by atoms with Gasteiger partial charge in [-0.2, -0.15) is 5.26 Å². The van der Waals surface area contributed by atoms with Crippen LogP contribution >= 0.6 is 0 Å². The second-order valence-corrected chi connectivity index (χ2v) is 3.63. The van der Waals surface area contributed by atoms with Crippen LogP contribution < -0.4 is 5.32 Å². The average Bonchev–Trinajstić information content (AvgIpc) is 2.39. The number of anilines is 1. The number of rotatable bonds is 4. The zero-order valence-electron chi connectivity index (χ0n) is 10.3. The summed E-state index contributed by atoms with van der Waals surface area (Å²) in [7, 11) is 0. The lowest BCUT2D eigenvalue weighted by atomic mass is 10.2. The number of para-hydroxylation sites is 1. The number of hydrogen-bond acceptors (Lipinski definition) is 4. The minimum atomic E-state index is -0.885. The number of nitrogens with one attached hydrogen (secondary N) is 1. The Bertz CT molecular complexity index is 491. The van der Waals surface area contributed by atoms with E-state index in [1.165, 1.54) is 6.92 Å². The maximum absolute atomic E-state index is 11.7. The van der Waals surface area contributed by atoms with Crippen LogP contribution in [0.4, 0.5) is 5.69 Å². The van der Waals surface area contributed by atoms with Crippen LogP contribution in [0.1, 0.15) is 25.8 Å². The molecule has 5 nitrogen and oxygen atoms in total. The number of nitriles is 1. The number of benzene rings is 1. The number of carbonyl (C=O) groups is 2.